The molecule has 0 aliphatic carbocycles. The van der Waals surface area contributed by atoms with Gasteiger partial charge in [0.15, 0.2) is 5.75 Å². The van der Waals surface area contributed by atoms with Crippen molar-refractivity contribution in [3.05, 3.63) is 62.6 Å². The Morgan fingerprint density at radius 3 is 2.46 bits per heavy atom. The Hall–Kier alpha value is -3.39. The number of benzene rings is 2. The Morgan fingerprint density at radius 1 is 1.19 bits per heavy atom. The molecule has 9 nitrogen and oxygen atoms in total. The first-order valence-corrected chi connectivity index (χ1v) is 12.7. The Morgan fingerprint density at radius 2 is 1.86 bits per heavy atom. The van der Waals surface area contributed by atoms with Crippen molar-refractivity contribution in [1.82, 2.24) is 5.32 Å². The number of rotatable bonds is 9. The van der Waals surface area contributed by atoms with Crippen molar-refractivity contribution >= 4 is 58.4 Å². The van der Waals surface area contributed by atoms with Gasteiger partial charge < -0.3 is 24.8 Å². The van der Waals surface area contributed by atoms with Crippen LogP contribution in [0.25, 0.3) is 0 Å². The number of nitrogens with zero attached hydrogens (tertiary/aromatic N) is 1. The zero-order valence-electron chi connectivity index (χ0n) is 20.1. The van der Waals surface area contributed by atoms with Crippen LogP contribution in [0, 0.1) is 17.2 Å². The van der Waals surface area contributed by atoms with E-state index in [1.54, 1.807) is 31.2 Å². The fraction of sp³-hybridized carbons (Fsp3) is 0.280. The first kappa shape index (κ1) is 28.2. The highest BCUT2D eigenvalue weighted by Crippen LogP contribution is 2.44. The van der Waals surface area contributed by atoms with Gasteiger partial charge in [-0.1, -0.05) is 47.1 Å². The second-order valence-corrected chi connectivity index (χ2v) is 9.41. The summed E-state index contributed by atoms with van der Waals surface area (Å²) in [7, 11) is 2.63. The highest BCUT2D eigenvalue weighted by molar-refractivity contribution is 8.03. The summed E-state index contributed by atoms with van der Waals surface area (Å²) in [4.78, 5) is 38.3. The molecule has 37 heavy (non-hydrogen) atoms. The summed E-state index contributed by atoms with van der Waals surface area (Å²) in [6.45, 7) is 2.08. The number of esters is 1. The quantitative estimate of drug-likeness (QED) is 0.337. The lowest BCUT2D eigenvalue weighted by Gasteiger charge is -2.31. The van der Waals surface area contributed by atoms with Crippen LogP contribution in [-0.4, -0.2) is 44.4 Å². The lowest BCUT2D eigenvalue weighted by atomic mass is 9.78. The van der Waals surface area contributed by atoms with Gasteiger partial charge in [0.05, 0.1) is 59.0 Å². The predicted molar refractivity (Wildman–Crippen MR) is 141 cm³/mol. The number of anilines is 1. The molecule has 0 fully saturated rings. The maximum Gasteiger partial charge on any atom is 0.319 e. The summed E-state index contributed by atoms with van der Waals surface area (Å²) in [5.41, 5.74) is 0.873. The third-order valence-corrected chi connectivity index (χ3v) is 6.96. The van der Waals surface area contributed by atoms with Crippen LogP contribution in [0.4, 0.5) is 5.69 Å². The number of nitriles is 1. The maximum absolute atomic E-state index is 13.0. The van der Waals surface area contributed by atoms with Crippen LogP contribution in [0.5, 0.6) is 11.5 Å². The molecule has 0 radical (unpaired) electrons. The van der Waals surface area contributed by atoms with Crippen molar-refractivity contribution < 1.29 is 28.6 Å². The molecule has 2 aromatic carbocycles. The third kappa shape index (κ3) is 6.31. The number of amides is 2. The molecule has 0 saturated heterocycles. The number of carbonyl (C=O) groups excluding carboxylic acids is 3. The van der Waals surface area contributed by atoms with Crippen molar-refractivity contribution in [2.24, 2.45) is 5.92 Å². The molecule has 2 aromatic rings. The van der Waals surface area contributed by atoms with E-state index in [0.717, 1.165) is 18.9 Å². The van der Waals surface area contributed by atoms with Gasteiger partial charge in [0.1, 0.15) is 11.7 Å². The minimum Gasteiger partial charge on any atom is -0.495 e. The van der Waals surface area contributed by atoms with Crippen LogP contribution < -0.4 is 20.1 Å². The molecule has 2 amide bonds. The van der Waals surface area contributed by atoms with Crippen LogP contribution in [0.1, 0.15) is 18.4 Å². The molecule has 3 rings (SSSR count). The van der Waals surface area contributed by atoms with Gasteiger partial charge in [-0.05, 0) is 36.8 Å². The van der Waals surface area contributed by atoms with E-state index in [4.69, 9.17) is 37.4 Å². The normalized spacial score (nSPS) is 16.9. The largest absolute Gasteiger partial charge is 0.495 e. The number of ether oxygens (including phenoxy) is 3. The molecule has 0 spiro atoms. The molecule has 0 bridgehead atoms. The first-order valence-electron chi connectivity index (χ1n) is 11.0. The maximum atomic E-state index is 13.0. The van der Waals surface area contributed by atoms with Gasteiger partial charge in [0.25, 0.3) is 0 Å². The fourth-order valence-electron chi connectivity index (χ4n) is 3.79. The van der Waals surface area contributed by atoms with E-state index in [2.05, 4.69) is 16.7 Å². The topological polar surface area (TPSA) is 127 Å². The Labute approximate surface area is 228 Å². The Bertz CT molecular complexity index is 1270. The van der Waals surface area contributed by atoms with E-state index in [0.29, 0.717) is 23.6 Å². The van der Waals surface area contributed by atoms with E-state index in [9.17, 15) is 19.6 Å². The van der Waals surface area contributed by atoms with Crippen LogP contribution in [0.15, 0.2) is 47.0 Å². The van der Waals surface area contributed by atoms with E-state index < -0.39 is 29.6 Å². The van der Waals surface area contributed by atoms with Crippen molar-refractivity contribution in [2.45, 2.75) is 12.8 Å². The summed E-state index contributed by atoms with van der Waals surface area (Å²) in [6, 6.07) is 11.9. The molecule has 0 saturated carbocycles. The van der Waals surface area contributed by atoms with E-state index in [1.165, 1.54) is 19.2 Å². The van der Waals surface area contributed by atoms with Crippen LogP contribution >= 0.6 is 35.0 Å². The summed E-state index contributed by atoms with van der Waals surface area (Å²) < 4.78 is 15.5. The van der Waals surface area contributed by atoms with Gasteiger partial charge in [-0.2, -0.15) is 5.26 Å². The fourth-order valence-corrected chi connectivity index (χ4v) is 5.25. The van der Waals surface area contributed by atoms with E-state index in [1.807, 2.05) is 0 Å². The average molecular weight is 564 g/mol. The van der Waals surface area contributed by atoms with Gasteiger partial charge in [-0.15, -0.1) is 0 Å². The molecule has 1 aliphatic heterocycles. The number of para-hydroxylation sites is 2. The van der Waals surface area contributed by atoms with Crippen LogP contribution in [0.2, 0.25) is 10.0 Å². The molecule has 12 heteroatoms. The number of hydrogen-bond acceptors (Lipinski definition) is 8. The molecular formula is C25H23Cl2N3O6S. The Balaban J connectivity index is 1.97. The molecule has 0 aromatic heterocycles. The standard InChI is InChI=1S/C25H23Cl2N3O6S/c1-4-36-22-15(26)9-13(10-16(22)27)20-14(11-28)24(30-23(32)21(20)25(33)35-3)37-12-19(31)29-17-7-5-6-8-18(17)34-2/h5-10,20-21H,4,12H2,1-3H3,(H,29,31)(H,30,32)/t20-,21-/m1/s1. The smallest absolute Gasteiger partial charge is 0.319 e. The first-order chi connectivity index (χ1) is 17.7. The van der Waals surface area contributed by atoms with Gasteiger partial charge >= 0.3 is 5.97 Å². The SMILES string of the molecule is CCOc1c(Cl)cc([C@@H]2C(C#N)=C(SCC(=O)Nc3ccccc3OC)NC(=O)[C@@H]2C(=O)OC)cc1Cl. The van der Waals surface area contributed by atoms with E-state index in [-0.39, 0.29) is 32.1 Å². The zero-order chi connectivity index (χ0) is 27.1. The van der Waals surface area contributed by atoms with Gasteiger partial charge in [-0.3, -0.25) is 14.4 Å². The predicted octanol–water partition coefficient (Wildman–Crippen LogP) is 4.51. The summed E-state index contributed by atoms with van der Waals surface area (Å²) in [5, 5.41) is 15.8. The number of allylic oxidation sites excluding steroid dienone is 1. The lowest BCUT2D eigenvalue weighted by molar-refractivity contribution is -0.150. The minimum absolute atomic E-state index is 0.0568. The number of carbonyl (C=O) groups is 3. The van der Waals surface area contributed by atoms with Crippen molar-refractivity contribution in [3.63, 3.8) is 0 Å². The number of nitrogens with one attached hydrogen (secondary N) is 2. The number of halogens is 2. The monoisotopic (exact) mass is 563 g/mol. The lowest BCUT2D eigenvalue weighted by Crippen LogP contribution is -2.44. The second kappa shape index (κ2) is 12.7. The van der Waals surface area contributed by atoms with Crippen molar-refractivity contribution in [2.75, 3.05) is 31.9 Å². The second-order valence-electron chi connectivity index (χ2n) is 7.61. The molecular weight excluding hydrogens is 541 g/mol. The molecule has 1 aliphatic rings. The van der Waals surface area contributed by atoms with Crippen molar-refractivity contribution in [1.29, 1.82) is 5.26 Å². The summed E-state index contributed by atoms with van der Waals surface area (Å²) >= 11 is 13.7. The molecule has 2 atom stereocenters. The summed E-state index contributed by atoms with van der Waals surface area (Å²) in [6.07, 6.45) is 0. The molecule has 2 N–H and O–H groups in total. The zero-order valence-corrected chi connectivity index (χ0v) is 22.4. The molecule has 1 heterocycles. The molecule has 194 valence electrons. The van der Waals surface area contributed by atoms with E-state index >= 15 is 0 Å². The van der Waals surface area contributed by atoms with Crippen molar-refractivity contribution in [3.8, 4) is 17.6 Å². The average Bonchev–Trinajstić information content (AvgIpc) is 2.88. The van der Waals surface area contributed by atoms with Gasteiger partial charge in [0.2, 0.25) is 11.8 Å². The highest BCUT2D eigenvalue weighted by Gasteiger charge is 2.44. The number of thioether (sulfide) groups is 1. The summed E-state index contributed by atoms with van der Waals surface area (Å²) in [5.74, 6) is -3.78. The van der Waals surface area contributed by atoms with Gasteiger partial charge in [0, 0.05) is 5.92 Å². The highest BCUT2D eigenvalue weighted by atomic mass is 35.5. The number of hydrogen-bond donors (Lipinski definition) is 2. The van der Waals surface area contributed by atoms with Crippen LogP contribution in [0.3, 0.4) is 0 Å². The number of methoxy groups -OCH3 is 2. The minimum atomic E-state index is -1.38. The van der Waals surface area contributed by atoms with Gasteiger partial charge in [-0.25, -0.2) is 0 Å². The Kier molecular flexibility index (Phi) is 9.69. The molecule has 0 unspecified atom stereocenters. The van der Waals surface area contributed by atoms with Crippen LogP contribution in [-0.2, 0) is 19.1 Å². The third-order valence-electron chi connectivity index (χ3n) is 5.38.